The van der Waals surface area contributed by atoms with Gasteiger partial charge in [-0.25, -0.2) is 0 Å². The summed E-state index contributed by atoms with van der Waals surface area (Å²) in [7, 11) is 0. The van der Waals surface area contributed by atoms with Crippen LogP contribution in [-0.4, -0.2) is 4.92 Å². The van der Waals surface area contributed by atoms with Crippen LogP contribution in [0.15, 0.2) is 40.9 Å². The Morgan fingerprint density at radius 1 is 1.25 bits per heavy atom. The summed E-state index contributed by atoms with van der Waals surface area (Å²) in [5, 5.41) is 10.7. The number of ether oxygens (including phenoxy) is 1. The minimum Gasteiger partial charge on any atom is -0.457 e. The van der Waals surface area contributed by atoms with Crippen molar-refractivity contribution in [2.24, 2.45) is 0 Å². The molecule has 0 N–H and O–H groups in total. The number of hydrogen-bond donors (Lipinski definition) is 0. The van der Waals surface area contributed by atoms with E-state index < -0.39 is 4.92 Å². The lowest BCUT2D eigenvalue weighted by atomic mass is 10.2. The standard InChI is InChI=1S/C13H8BrCl2NO3/c14-9-2-1-8(7-15)13(5-9)20-10-3-4-12(17(18)19)11(16)6-10/h1-6H,7H2. The topological polar surface area (TPSA) is 52.4 Å². The number of halogens is 3. The van der Waals surface area contributed by atoms with Crippen LogP contribution in [0.5, 0.6) is 11.5 Å². The van der Waals surface area contributed by atoms with E-state index in [9.17, 15) is 10.1 Å². The maximum Gasteiger partial charge on any atom is 0.288 e. The van der Waals surface area contributed by atoms with E-state index in [1.165, 1.54) is 18.2 Å². The van der Waals surface area contributed by atoms with Crippen molar-refractivity contribution >= 4 is 44.8 Å². The molecule has 0 bridgehead atoms. The molecule has 0 atom stereocenters. The molecule has 0 aromatic heterocycles. The number of alkyl halides is 1. The summed E-state index contributed by atoms with van der Waals surface area (Å²) in [6.45, 7) is 0. The summed E-state index contributed by atoms with van der Waals surface area (Å²) in [4.78, 5) is 10.1. The van der Waals surface area contributed by atoms with Gasteiger partial charge in [-0.05, 0) is 18.2 Å². The highest BCUT2D eigenvalue weighted by atomic mass is 79.9. The number of hydrogen-bond acceptors (Lipinski definition) is 3. The second kappa shape index (κ2) is 6.43. The Labute approximate surface area is 133 Å². The predicted octanol–water partition coefficient (Wildman–Crippen LogP) is 5.54. The van der Waals surface area contributed by atoms with Crippen LogP contribution >= 0.6 is 39.1 Å². The van der Waals surface area contributed by atoms with E-state index in [0.29, 0.717) is 17.4 Å². The quantitative estimate of drug-likeness (QED) is 0.399. The maximum atomic E-state index is 10.7. The van der Waals surface area contributed by atoms with Crippen molar-refractivity contribution in [3.05, 3.63) is 61.6 Å². The zero-order chi connectivity index (χ0) is 14.7. The number of benzene rings is 2. The van der Waals surface area contributed by atoms with Crippen molar-refractivity contribution < 1.29 is 9.66 Å². The first-order chi connectivity index (χ1) is 9.51. The van der Waals surface area contributed by atoms with Crippen molar-refractivity contribution in [2.45, 2.75) is 5.88 Å². The van der Waals surface area contributed by atoms with Gasteiger partial charge in [0.15, 0.2) is 0 Å². The molecule has 0 amide bonds. The molecule has 0 heterocycles. The first kappa shape index (κ1) is 15.1. The SMILES string of the molecule is O=[N+]([O-])c1ccc(Oc2cc(Br)ccc2CCl)cc1Cl. The first-order valence-electron chi connectivity index (χ1n) is 5.47. The summed E-state index contributed by atoms with van der Waals surface area (Å²) < 4.78 is 6.52. The Bertz CT molecular complexity index is 664. The Hall–Kier alpha value is -1.30. The summed E-state index contributed by atoms with van der Waals surface area (Å²) in [5.41, 5.74) is 0.648. The van der Waals surface area contributed by atoms with E-state index >= 15 is 0 Å². The molecule has 0 fully saturated rings. The Balaban J connectivity index is 2.33. The van der Waals surface area contributed by atoms with E-state index in [1.54, 1.807) is 6.07 Å². The molecule has 0 saturated heterocycles. The molecule has 0 radical (unpaired) electrons. The van der Waals surface area contributed by atoms with Gasteiger partial charge in [0.2, 0.25) is 0 Å². The molecular formula is C13H8BrCl2NO3. The number of nitro groups is 1. The molecule has 20 heavy (non-hydrogen) atoms. The third kappa shape index (κ3) is 3.42. The van der Waals surface area contributed by atoms with Gasteiger partial charge in [-0.3, -0.25) is 10.1 Å². The van der Waals surface area contributed by atoms with Crippen LogP contribution in [0.25, 0.3) is 0 Å². The fourth-order valence-corrected chi connectivity index (χ4v) is 2.36. The van der Waals surface area contributed by atoms with Crippen molar-refractivity contribution in [2.75, 3.05) is 0 Å². The first-order valence-corrected chi connectivity index (χ1v) is 7.18. The predicted molar refractivity (Wildman–Crippen MR) is 81.9 cm³/mol. The van der Waals surface area contributed by atoms with Gasteiger partial charge in [0, 0.05) is 22.2 Å². The Morgan fingerprint density at radius 3 is 2.60 bits per heavy atom. The molecule has 0 saturated carbocycles. The number of nitro benzene ring substituents is 1. The van der Waals surface area contributed by atoms with Crippen LogP contribution in [0.2, 0.25) is 5.02 Å². The van der Waals surface area contributed by atoms with Crippen LogP contribution in [0.3, 0.4) is 0 Å². The lowest BCUT2D eigenvalue weighted by molar-refractivity contribution is -0.384. The largest absolute Gasteiger partial charge is 0.457 e. The summed E-state index contributed by atoms with van der Waals surface area (Å²) in [6, 6.07) is 9.65. The monoisotopic (exact) mass is 375 g/mol. The zero-order valence-corrected chi connectivity index (χ0v) is 13.1. The van der Waals surface area contributed by atoms with Crippen LogP contribution in [0, 0.1) is 10.1 Å². The minimum absolute atomic E-state index is 0.0231. The molecule has 104 valence electrons. The highest BCUT2D eigenvalue weighted by Gasteiger charge is 2.13. The molecule has 0 aliphatic heterocycles. The van der Waals surface area contributed by atoms with E-state index in [4.69, 9.17) is 27.9 Å². The van der Waals surface area contributed by atoms with Crippen molar-refractivity contribution in [1.82, 2.24) is 0 Å². The van der Waals surface area contributed by atoms with Crippen LogP contribution in [0.4, 0.5) is 5.69 Å². The molecule has 0 aliphatic carbocycles. The van der Waals surface area contributed by atoms with Gasteiger partial charge in [-0.1, -0.05) is 33.6 Å². The van der Waals surface area contributed by atoms with Crippen molar-refractivity contribution in [3.63, 3.8) is 0 Å². The average Bonchev–Trinajstić information content (AvgIpc) is 2.38. The Morgan fingerprint density at radius 2 is 2.00 bits per heavy atom. The van der Waals surface area contributed by atoms with Gasteiger partial charge in [-0.2, -0.15) is 0 Å². The number of rotatable bonds is 4. The van der Waals surface area contributed by atoms with Gasteiger partial charge >= 0.3 is 0 Å². The summed E-state index contributed by atoms with van der Waals surface area (Å²) >= 11 is 15.0. The molecule has 2 aromatic rings. The molecule has 0 spiro atoms. The summed E-state index contributed by atoms with van der Waals surface area (Å²) in [5.74, 6) is 1.27. The molecule has 2 aromatic carbocycles. The molecule has 2 rings (SSSR count). The van der Waals surface area contributed by atoms with Crippen LogP contribution < -0.4 is 4.74 Å². The minimum atomic E-state index is -0.546. The fraction of sp³-hybridized carbons (Fsp3) is 0.0769. The van der Waals surface area contributed by atoms with Crippen molar-refractivity contribution in [1.29, 1.82) is 0 Å². The van der Waals surface area contributed by atoms with Crippen LogP contribution in [0.1, 0.15) is 5.56 Å². The second-order valence-corrected chi connectivity index (χ2v) is 5.45. The van der Waals surface area contributed by atoms with Gasteiger partial charge in [0.1, 0.15) is 16.5 Å². The van der Waals surface area contributed by atoms with E-state index in [1.807, 2.05) is 12.1 Å². The second-order valence-electron chi connectivity index (χ2n) is 3.86. The maximum absolute atomic E-state index is 10.7. The number of nitrogens with zero attached hydrogens (tertiary/aromatic N) is 1. The molecular weight excluding hydrogens is 369 g/mol. The highest BCUT2D eigenvalue weighted by molar-refractivity contribution is 9.10. The Kier molecular flexibility index (Phi) is 4.86. The summed E-state index contributed by atoms with van der Waals surface area (Å²) in [6.07, 6.45) is 0. The third-order valence-electron chi connectivity index (χ3n) is 2.52. The smallest absolute Gasteiger partial charge is 0.288 e. The van der Waals surface area contributed by atoms with Gasteiger partial charge in [0.25, 0.3) is 5.69 Å². The van der Waals surface area contributed by atoms with Gasteiger partial charge < -0.3 is 4.74 Å². The van der Waals surface area contributed by atoms with E-state index in [2.05, 4.69) is 15.9 Å². The lowest BCUT2D eigenvalue weighted by Gasteiger charge is -2.10. The highest BCUT2D eigenvalue weighted by Crippen LogP contribution is 2.33. The lowest BCUT2D eigenvalue weighted by Crippen LogP contribution is -1.92. The fourth-order valence-electron chi connectivity index (χ4n) is 1.56. The van der Waals surface area contributed by atoms with Crippen LogP contribution in [-0.2, 0) is 5.88 Å². The molecule has 0 unspecified atom stereocenters. The van der Waals surface area contributed by atoms with Crippen molar-refractivity contribution in [3.8, 4) is 11.5 Å². The third-order valence-corrected chi connectivity index (χ3v) is 3.60. The molecule has 0 aliphatic rings. The normalized spacial score (nSPS) is 10.3. The molecule has 7 heteroatoms. The zero-order valence-electron chi connectivity index (χ0n) is 9.98. The molecule has 4 nitrogen and oxygen atoms in total. The van der Waals surface area contributed by atoms with E-state index in [0.717, 1.165) is 10.0 Å². The van der Waals surface area contributed by atoms with E-state index in [-0.39, 0.29) is 10.7 Å². The van der Waals surface area contributed by atoms with Gasteiger partial charge in [-0.15, -0.1) is 11.6 Å². The van der Waals surface area contributed by atoms with Gasteiger partial charge in [0.05, 0.1) is 10.8 Å². The average molecular weight is 377 g/mol.